The van der Waals surface area contributed by atoms with Gasteiger partial charge in [-0.15, -0.1) is 0 Å². The number of carbonyl (C=O) groups excluding carboxylic acids is 3. The van der Waals surface area contributed by atoms with E-state index >= 15 is 0 Å². The lowest BCUT2D eigenvalue weighted by Gasteiger charge is -2.33. The first-order valence-electron chi connectivity index (χ1n) is 6.19. The Kier molecular flexibility index (Phi) is 5.91. The van der Waals surface area contributed by atoms with E-state index in [0.717, 1.165) is 0 Å². The largest absolute Gasteiger partial charge is 0.481 e. The molecule has 1 aliphatic rings. The van der Waals surface area contributed by atoms with Crippen LogP contribution in [0.2, 0.25) is 0 Å². The molecule has 4 N–H and O–H groups in total. The number of nitrogens with one attached hydrogen (secondary N) is 3. The molecule has 0 aliphatic carbocycles. The highest BCUT2D eigenvalue weighted by molar-refractivity contribution is 5.94. The molecule has 20 heavy (non-hydrogen) atoms. The molecule has 0 radical (unpaired) electrons. The van der Waals surface area contributed by atoms with Crippen LogP contribution in [0.4, 0.5) is 4.79 Å². The maximum Gasteiger partial charge on any atom is 0.321 e. The molecule has 0 aromatic heterocycles. The maximum atomic E-state index is 11.6. The fourth-order valence-electron chi connectivity index (χ4n) is 1.91. The second-order valence-electron chi connectivity index (χ2n) is 4.32. The number of carbonyl (C=O) groups is 4. The Balaban J connectivity index is 2.50. The summed E-state index contributed by atoms with van der Waals surface area (Å²) >= 11 is 0. The van der Waals surface area contributed by atoms with Crippen LogP contribution in [0.3, 0.4) is 0 Å². The molecular weight excluding hydrogens is 268 g/mol. The Bertz CT molecular complexity index is 412. The molecule has 1 rings (SSSR count). The Labute approximate surface area is 115 Å². The monoisotopic (exact) mass is 286 g/mol. The van der Waals surface area contributed by atoms with Gasteiger partial charge in [-0.3, -0.25) is 24.6 Å². The summed E-state index contributed by atoms with van der Waals surface area (Å²) in [5, 5.41) is 15.7. The van der Waals surface area contributed by atoms with Crippen molar-refractivity contribution in [1.82, 2.24) is 20.9 Å². The van der Waals surface area contributed by atoms with Crippen LogP contribution in [0.25, 0.3) is 0 Å². The molecule has 9 heteroatoms. The van der Waals surface area contributed by atoms with Crippen molar-refractivity contribution in [3.63, 3.8) is 0 Å². The minimum absolute atomic E-state index is 0.0107. The van der Waals surface area contributed by atoms with E-state index in [1.807, 2.05) is 0 Å². The summed E-state index contributed by atoms with van der Waals surface area (Å²) in [4.78, 5) is 46.4. The molecule has 9 nitrogen and oxygen atoms in total. The van der Waals surface area contributed by atoms with Crippen molar-refractivity contribution < 1.29 is 24.3 Å². The number of nitrogens with zero attached hydrogens (tertiary/aromatic N) is 1. The number of piperazine rings is 1. The molecular formula is C11H18N4O5. The Morgan fingerprint density at radius 2 is 2.15 bits per heavy atom. The van der Waals surface area contributed by atoms with Crippen LogP contribution in [0.15, 0.2) is 0 Å². The van der Waals surface area contributed by atoms with E-state index in [0.29, 0.717) is 13.1 Å². The van der Waals surface area contributed by atoms with Gasteiger partial charge in [-0.25, -0.2) is 4.79 Å². The second-order valence-corrected chi connectivity index (χ2v) is 4.32. The molecule has 0 spiro atoms. The number of aliphatic carboxylic acids is 1. The fraction of sp³-hybridized carbons (Fsp3) is 0.636. The number of hydrogen-bond donors (Lipinski definition) is 4. The molecule has 1 saturated heterocycles. The third-order valence-electron chi connectivity index (χ3n) is 2.92. The minimum atomic E-state index is -1.08. The average Bonchev–Trinajstić information content (AvgIpc) is 2.39. The van der Waals surface area contributed by atoms with Crippen molar-refractivity contribution >= 4 is 23.8 Å². The zero-order valence-corrected chi connectivity index (χ0v) is 11.1. The van der Waals surface area contributed by atoms with E-state index in [2.05, 4.69) is 16.0 Å². The van der Waals surface area contributed by atoms with E-state index < -0.39 is 23.9 Å². The maximum absolute atomic E-state index is 11.6. The van der Waals surface area contributed by atoms with Gasteiger partial charge in [-0.2, -0.15) is 0 Å². The normalized spacial score (nSPS) is 19.1. The standard InChI is InChI=1S/C11H18N4O5/c1-12-11(20)14-8(16)2-4-15-5-3-13-10(19)7(15)6-9(17)18/h7H,2-6H2,1H3,(H,13,19)(H,17,18)(H2,12,14,16,20). The summed E-state index contributed by atoms with van der Waals surface area (Å²) in [7, 11) is 1.39. The molecule has 1 fully saturated rings. The third kappa shape index (κ3) is 4.84. The van der Waals surface area contributed by atoms with Crippen molar-refractivity contribution in [1.29, 1.82) is 0 Å². The summed E-state index contributed by atoms with van der Waals surface area (Å²) in [6.07, 6.45) is -0.306. The highest BCUT2D eigenvalue weighted by Gasteiger charge is 2.31. The van der Waals surface area contributed by atoms with Gasteiger partial charge in [0.05, 0.1) is 12.5 Å². The zero-order chi connectivity index (χ0) is 15.1. The number of amides is 4. The van der Waals surface area contributed by atoms with Crippen LogP contribution in [0, 0.1) is 0 Å². The van der Waals surface area contributed by atoms with Crippen LogP contribution < -0.4 is 16.0 Å². The summed E-state index contributed by atoms with van der Waals surface area (Å²) in [5.41, 5.74) is 0. The number of carboxylic acids is 1. The highest BCUT2D eigenvalue weighted by Crippen LogP contribution is 2.09. The predicted molar refractivity (Wildman–Crippen MR) is 67.8 cm³/mol. The number of rotatable bonds is 5. The van der Waals surface area contributed by atoms with Crippen molar-refractivity contribution in [2.24, 2.45) is 0 Å². The first-order chi connectivity index (χ1) is 9.43. The van der Waals surface area contributed by atoms with Gasteiger partial charge < -0.3 is 15.7 Å². The van der Waals surface area contributed by atoms with Gasteiger partial charge in [-0.05, 0) is 0 Å². The van der Waals surface area contributed by atoms with Gasteiger partial charge in [0.25, 0.3) is 0 Å². The van der Waals surface area contributed by atoms with E-state index in [-0.39, 0.29) is 25.3 Å². The van der Waals surface area contributed by atoms with E-state index in [1.54, 1.807) is 4.90 Å². The van der Waals surface area contributed by atoms with Gasteiger partial charge in [0.1, 0.15) is 0 Å². The van der Waals surface area contributed by atoms with Gasteiger partial charge in [0.2, 0.25) is 11.8 Å². The Hall–Kier alpha value is -2.16. The molecule has 1 aliphatic heterocycles. The first-order valence-corrected chi connectivity index (χ1v) is 6.19. The fourth-order valence-corrected chi connectivity index (χ4v) is 1.91. The zero-order valence-electron chi connectivity index (χ0n) is 11.1. The van der Waals surface area contributed by atoms with Crippen LogP contribution in [-0.2, 0) is 14.4 Å². The van der Waals surface area contributed by atoms with E-state index in [9.17, 15) is 19.2 Å². The molecule has 0 bridgehead atoms. The van der Waals surface area contributed by atoms with Crippen LogP contribution in [0.1, 0.15) is 12.8 Å². The summed E-state index contributed by atoms with van der Waals surface area (Å²) in [5.74, 6) is -1.92. The van der Waals surface area contributed by atoms with Gasteiger partial charge >= 0.3 is 12.0 Å². The van der Waals surface area contributed by atoms with Crippen LogP contribution in [-0.4, -0.2) is 66.5 Å². The van der Waals surface area contributed by atoms with E-state index in [4.69, 9.17) is 5.11 Å². The van der Waals surface area contributed by atoms with Crippen molar-refractivity contribution in [3.8, 4) is 0 Å². The predicted octanol–water partition coefficient (Wildman–Crippen LogP) is -1.89. The topological polar surface area (TPSA) is 128 Å². The smallest absolute Gasteiger partial charge is 0.321 e. The molecule has 0 aromatic rings. The van der Waals surface area contributed by atoms with Gasteiger partial charge in [-0.1, -0.05) is 0 Å². The second kappa shape index (κ2) is 7.43. The Morgan fingerprint density at radius 1 is 1.45 bits per heavy atom. The Morgan fingerprint density at radius 3 is 2.75 bits per heavy atom. The SMILES string of the molecule is CNC(=O)NC(=O)CCN1CCNC(=O)C1CC(=O)O. The number of carboxylic acid groups (broad SMARTS) is 1. The lowest BCUT2D eigenvalue weighted by molar-refractivity contribution is -0.143. The van der Waals surface area contributed by atoms with Crippen LogP contribution >= 0.6 is 0 Å². The lowest BCUT2D eigenvalue weighted by Crippen LogP contribution is -2.56. The lowest BCUT2D eigenvalue weighted by atomic mass is 10.1. The highest BCUT2D eigenvalue weighted by atomic mass is 16.4. The summed E-state index contributed by atoms with van der Waals surface area (Å²) in [6, 6.07) is -1.39. The summed E-state index contributed by atoms with van der Waals surface area (Å²) in [6.45, 7) is 1.09. The minimum Gasteiger partial charge on any atom is -0.481 e. The van der Waals surface area contributed by atoms with E-state index in [1.165, 1.54) is 7.05 Å². The third-order valence-corrected chi connectivity index (χ3v) is 2.92. The van der Waals surface area contributed by atoms with Crippen molar-refractivity contribution in [3.05, 3.63) is 0 Å². The van der Waals surface area contributed by atoms with Gasteiger partial charge in [0.15, 0.2) is 0 Å². The van der Waals surface area contributed by atoms with Crippen molar-refractivity contribution in [2.45, 2.75) is 18.9 Å². The van der Waals surface area contributed by atoms with Gasteiger partial charge in [0, 0.05) is 33.1 Å². The quantitative estimate of drug-likeness (QED) is 0.468. The molecule has 0 saturated carbocycles. The molecule has 112 valence electrons. The van der Waals surface area contributed by atoms with Crippen molar-refractivity contribution in [2.75, 3.05) is 26.7 Å². The first kappa shape index (κ1) is 15.9. The molecule has 0 aromatic carbocycles. The number of hydrogen-bond acceptors (Lipinski definition) is 5. The summed E-state index contributed by atoms with van der Waals surface area (Å²) < 4.78 is 0. The molecule has 1 heterocycles. The van der Waals surface area contributed by atoms with Crippen LogP contribution in [0.5, 0.6) is 0 Å². The molecule has 1 unspecified atom stereocenters. The molecule has 1 atom stereocenters. The average molecular weight is 286 g/mol. The molecule has 4 amide bonds. The number of imide groups is 1. The number of urea groups is 1.